The Morgan fingerprint density at radius 1 is 1.38 bits per heavy atom. The number of amides is 3. The lowest BCUT2D eigenvalue weighted by molar-refractivity contribution is -0.119. The van der Waals surface area contributed by atoms with Crippen molar-refractivity contribution in [3.63, 3.8) is 0 Å². The van der Waals surface area contributed by atoms with Gasteiger partial charge in [0.25, 0.3) is 0 Å². The fraction of sp³-hybridized carbons (Fsp3) is 0.692. The zero-order valence-corrected chi connectivity index (χ0v) is 13.5. The molecule has 2 rings (SSSR count). The maximum absolute atomic E-state index is 11.9. The second-order valence-electron chi connectivity index (χ2n) is 6.23. The van der Waals surface area contributed by atoms with E-state index in [0.29, 0.717) is 11.1 Å². The zero-order chi connectivity index (χ0) is 15.6. The van der Waals surface area contributed by atoms with E-state index in [2.05, 4.69) is 25.8 Å². The third kappa shape index (κ3) is 5.04. The van der Waals surface area contributed by atoms with Gasteiger partial charge in [0.05, 0.1) is 5.25 Å². The Hall–Kier alpha value is -1.57. The first-order valence-corrected chi connectivity index (χ1v) is 7.84. The number of hydrogen-bond acceptors (Lipinski definition) is 5. The first kappa shape index (κ1) is 15.8. The van der Waals surface area contributed by atoms with Gasteiger partial charge in [-0.05, 0) is 40.5 Å². The number of carbonyl (C=O) groups is 2. The van der Waals surface area contributed by atoms with Crippen molar-refractivity contribution in [2.24, 2.45) is 0 Å². The van der Waals surface area contributed by atoms with Crippen LogP contribution in [0.4, 0.5) is 4.79 Å². The fourth-order valence-corrected chi connectivity index (χ4v) is 2.38. The molecule has 1 aromatic rings. The number of rotatable bonds is 4. The highest BCUT2D eigenvalue weighted by atomic mass is 32.2. The summed E-state index contributed by atoms with van der Waals surface area (Å²) >= 11 is 1.23. The average Bonchev–Trinajstić information content (AvgIpc) is 3.08. The number of hydrogen-bond donors (Lipinski definition) is 3. The van der Waals surface area contributed by atoms with E-state index in [1.54, 1.807) is 6.92 Å². The Bertz CT molecular complexity index is 533. The van der Waals surface area contributed by atoms with Gasteiger partial charge in [-0.2, -0.15) is 0 Å². The summed E-state index contributed by atoms with van der Waals surface area (Å²) in [5, 5.41) is 12.1. The minimum Gasteiger partial charge on any atom is -0.333 e. The van der Waals surface area contributed by atoms with Gasteiger partial charge in [0.2, 0.25) is 11.1 Å². The van der Waals surface area contributed by atoms with Gasteiger partial charge in [-0.1, -0.05) is 11.8 Å². The van der Waals surface area contributed by atoms with Crippen molar-refractivity contribution in [3.05, 3.63) is 5.82 Å². The van der Waals surface area contributed by atoms with Crippen molar-refractivity contribution in [2.75, 3.05) is 0 Å². The van der Waals surface area contributed by atoms with Crippen LogP contribution in [0.1, 0.15) is 52.3 Å². The summed E-state index contributed by atoms with van der Waals surface area (Å²) in [5.41, 5.74) is -0.385. The molecule has 116 valence electrons. The number of carbonyl (C=O) groups excluding carboxylic acids is 2. The monoisotopic (exact) mass is 311 g/mol. The van der Waals surface area contributed by atoms with Crippen LogP contribution in [0.2, 0.25) is 0 Å². The highest BCUT2D eigenvalue weighted by Gasteiger charge is 2.28. The number of imide groups is 1. The fourth-order valence-electron chi connectivity index (χ4n) is 1.65. The summed E-state index contributed by atoms with van der Waals surface area (Å²) in [7, 11) is 0. The molecule has 1 fully saturated rings. The molecule has 7 nitrogen and oxygen atoms in total. The van der Waals surface area contributed by atoms with Crippen molar-refractivity contribution in [1.29, 1.82) is 0 Å². The quantitative estimate of drug-likeness (QED) is 0.736. The topological polar surface area (TPSA) is 99.8 Å². The molecule has 1 atom stereocenters. The lowest BCUT2D eigenvalue weighted by atomic mass is 10.1. The maximum atomic E-state index is 11.9. The van der Waals surface area contributed by atoms with E-state index in [-0.39, 0.29) is 11.4 Å². The molecule has 0 spiro atoms. The van der Waals surface area contributed by atoms with Crippen molar-refractivity contribution in [1.82, 2.24) is 25.8 Å². The van der Waals surface area contributed by atoms with Gasteiger partial charge in [0.1, 0.15) is 5.82 Å². The minimum absolute atomic E-state index is 0.362. The van der Waals surface area contributed by atoms with Gasteiger partial charge in [0.15, 0.2) is 0 Å². The number of aromatic amines is 1. The summed E-state index contributed by atoms with van der Waals surface area (Å²) in [6, 6.07) is -0.492. The van der Waals surface area contributed by atoms with Crippen LogP contribution in [0.5, 0.6) is 0 Å². The van der Waals surface area contributed by atoms with Crippen LogP contribution in [0.3, 0.4) is 0 Å². The van der Waals surface area contributed by atoms with E-state index in [9.17, 15) is 9.59 Å². The van der Waals surface area contributed by atoms with Crippen LogP contribution in [0, 0.1) is 0 Å². The first-order chi connectivity index (χ1) is 9.74. The highest BCUT2D eigenvalue weighted by molar-refractivity contribution is 8.00. The third-order valence-corrected chi connectivity index (χ3v) is 3.78. The standard InChI is InChI=1S/C13H21N5O2S/c1-7(10(19)15-11(20)16-13(2,3)4)21-12-14-9(17-18-12)8-5-6-8/h7-8H,5-6H2,1-4H3,(H,14,17,18)(H2,15,16,19,20). The summed E-state index contributed by atoms with van der Waals surface area (Å²) in [4.78, 5) is 27.9. The Balaban J connectivity index is 1.82. The average molecular weight is 311 g/mol. The van der Waals surface area contributed by atoms with Gasteiger partial charge in [-0.15, -0.1) is 5.10 Å². The molecular formula is C13H21N5O2S. The van der Waals surface area contributed by atoms with Gasteiger partial charge >= 0.3 is 6.03 Å². The van der Waals surface area contributed by atoms with Crippen LogP contribution in [-0.4, -0.2) is 37.9 Å². The number of H-pyrrole nitrogens is 1. The Morgan fingerprint density at radius 3 is 2.62 bits per heavy atom. The molecule has 0 bridgehead atoms. The van der Waals surface area contributed by atoms with Crippen LogP contribution in [-0.2, 0) is 4.79 Å². The Morgan fingerprint density at radius 2 is 2.05 bits per heavy atom. The minimum atomic E-state index is -0.492. The van der Waals surface area contributed by atoms with E-state index in [4.69, 9.17) is 0 Å². The molecule has 0 aromatic carbocycles. The van der Waals surface area contributed by atoms with Crippen molar-refractivity contribution in [3.8, 4) is 0 Å². The molecule has 1 saturated carbocycles. The van der Waals surface area contributed by atoms with E-state index in [1.165, 1.54) is 11.8 Å². The normalized spacial score (nSPS) is 16.4. The second kappa shape index (κ2) is 6.05. The van der Waals surface area contributed by atoms with E-state index < -0.39 is 11.3 Å². The SMILES string of the molecule is CC(Sc1n[nH]c(C2CC2)n1)C(=O)NC(=O)NC(C)(C)C. The van der Waals surface area contributed by atoms with Gasteiger partial charge < -0.3 is 5.32 Å². The first-order valence-electron chi connectivity index (χ1n) is 6.96. The molecule has 8 heteroatoms. The molecule has 1 aromatic heterocycles. The molecule has 3 amide bonds. The Kier molecular flexibility index (Phi) is 4.55. The number of urea groups is 1. The summed E-state index contributed by atoms with van der Waals surface area (Å²) < 4.78 is 0. The van der Waals surface area contributed by atoms with E-state index in [0.717, 1.165) is 18.7 Å². The molecule has 0 radical (unpaired) electrons. The number of nitrogens with zero attached hydrogens (tertiary/aromatic N) is 2. The van der Waals surface area contributed by atoms with Crippen LogP contribution in [0.15, 0.2) is 5.16 Å². The van der Waals surface area contributed by atoms with Crippen molar-refractivity contribution < 1.29 is 9.59 Å². The highest BCUT2D eigenvalue weighted by Crippen LogP contribution is 2.38. The molecule has 3 N–H and O–H groups in total. The van der Waals surface area contributed by atoms with Gasteiger partial charge in [-0.3, -0.25) is 15.2 Å². The Labute approximate surface area is 128 Å². The predicted octanol–water partition coefficient (Wildman–Crippen LogP) is 1.79. The van der Waals surface area contributed by atoms with E-state index >= 15 is 0 Å². The lowest BCUT2D eigenvalue weighted by Crippen LogP contribution is -2.49. The molecule has 0 aliphatic heterocycles. The van der Waals surface area contributed by atoms with Gasteiger partial charge in [-0.25, -0.2) is 9.78 Å². The predicted molar refractivity (Wildman–Crippen MR) is 80.1 cm³/mol. The maximum Gasteiger partial charge on any atom is 0.321 e. The summed E-state index contributed by atoms with van der Waals surface area (Å²) in [5.74, 6) is 1.02. The lowest BCUT2D eigenvalue weighted by Gasteiger charge is -2.20. The number of thioether (sulfide) groups is 1. The molecule has 1 unspecified atom stereocenters. The largest absolute Gasteiger partial charge is 0.333 e. The number of aromatic nitrogens is 3. The molecule has 1 aliphatic rings. The molecular weight excluding hydrogens is 290 g/mol. The molecule has 1 heterocycles. The molecule has 21 heavy (non-hydrogen) atoms. The third-order valence-electron chi connectivity index (χ3n) is 2.82. The van der Waals surface area contributed by atoms with E-state index in [1.807, 2.05) is 20.8 Å². The second-order valence-corrected chi connectivity index (χ2v) is 7.54. The van der Waals surface area contributed by atoms with Crippen molar-refractivity contribution >= 4 is 23.7 Å². The van der Waals surface area contributed by atoms with Crippen LogP contribution in [0.25, 0.3) is 0 Å². The van der Waals surface area contributed by atoms with Crippen LogP contribution >= 0.6 is 11.8 Å². The summed E-state index contributed by atoms with van der Waals surface area (Å²) in [6.07, 6.45) is 2.28. The number of nitrogens with one attached hydrogen (secondary N) is 3. The molecule has 0 saturated heterocycles. The smallest absolute Gasteiger partial charge is 0.321 e. The van der Waals surface area contributed by atoms with Crippen LogP contribution < -0.4 is 10.6 Å². The summed E-state index contributed by atoms with van der Waals surface area (Å²) in [6.45, 7) is 7.27. The zero-order valence-electron chi connectivity index (χ0n) is 12.7. The van der Waals surface area contributed by atoms with Gasteiger partial charge in [0, 0.05) is 11.5 Å². The van der Waals surface area contributed by atoms with Crippen molar-refractivity contribution in [2.45, 2.75) is 62.4 Å². The molecule has 1 aliphatic carbocycles.